The predicted octanol–water partition coefficient (Wildman–Crippen LogP) is 1.27. The summed E-state index contributed by atoms with van der Waals surface area (Å²) in [5, 5.41) is 11.6. The number of nitrogens with zero attached hydrogens (tertiary/aromatic N) is 2. The number of nitriles is 1. The molecule has 0 aliphatic carbocycles. The average molecular weight is 243 g/mol. The van der Waals surface area contributed by atoms with E-state index in [1.165, 1.54) is 5.56 Å². The van der Waals surface area contributed by atoms with E-state index in [2.05, 4.69) is 16.3 Å². The van der Waals surface area contributed by atoms with E-state index in [1.54, 1.807) is 0 Å². The fourth-order valence-corrected chi connectivity index (χ4v) is 2.30. The van der Waals surface area contributed by atoms with Crippen LogP contribution >= 0.6 is 0 Å². The molecule has 0 atom stereocenters. The lowest BCUT2D eigenvalue weighted by Gasteiger charge is -2.31. The largest absolute Gasteiger partial charge is 0.356 e. The molecular formula is C14H17N3O. The van der Waals surface area contributed by atoms with Crippen molar-refractivity contribution in [2.45, 2.75) is 25.4 Å². The van der Waals surface area contributed by atoms with Crippen molar-refractivity contribution in [3.63, 3.8) is 0 Å². The van der Waals surface area contributed by atoms with E-state index in [1.807, 2.05) is 24.3 Å². The van der Waals surface area contributed by atoms with Crippen LogP contribution in [0, 0.1) is 11.3 Å². The van der Waals surface area contributed by atoms with Crippen molar-refractivity contribution in [1.29, 1.82) is 5.26 Å². The summed E-state index contributed by atoms with van der Waals surface area (Å²) in [4.78, 5) is 12.7. The van der Waals surface area contributed by atoms with Gasteiger partial charge in [-0.1, -0.05) is 12.1 Å². The Morgan fingerprint density at radius 1 is 1.33 bits per heavy atom. The number of likely N-dealkylation sites (tertiary alicyclic amines) is 1. The summed E-state index contributed by atoms with van der Waals surface area (Å²) in [5.41, 5.74) is 1.93. The Bertz CT molecular complexity index is 427. The van der Waals surface area contributed by atoms with Crippen LogP contribution in [0.3, 0.4) is 0 Å². The van der Waals surface area contributed by atoms with Gasteiger partial charge in [0.15, 0.2) is 0 Å². The summed E-state index contributed by atoms with van der Waals surface area (Å²) < 4.78 is 0. The van der Waals surface area contributed by atoms with Gasteiger partial charge in [0.2, 0.25) is 6.41 Å². The third kappa shape index (κ3) is 3.31. The smallest absolute Gasteiger partial charge is 0.207 e. The summed E-state index contributed by atoms with van der Waals surface area (Å²) in [6, 6.07) is 10.2. The van der Waals surface area contributed by atoms with Crippen LogP contribution in [-0.4, -0.2) is 30.4 Å². The van der Waals surface area contributed by atoms with E-state index < -0.39 is 0 Å². The standard InChI is InChI=1S/C14H17N3O/c15-9-12-1-3-13(4-2-12)10-17-7-5-14(6-8-17)16-11-18/h1-4,11,14H,5-8,10H2,(H,16,18). The molecule has 0 spiro atoms. The third-order valence-electron chi connectivity index (χ3n) is 3.38. The van der Waals surface area contributed by atoms with Gasteiger partial charge in [-0.3, -0.25) is 9.69 Å². The summed E-state index contributed by atoms with van der Waals surface area (Å²) in [5.74, 6) is 0. The zero-order valence-corrected chi connectivity index (χ0v) is 10.3. The molecule has 1 saturated heterocycles. The third-order valence-corrected chi connectivity index (χ3v) is 3.38. The molecule has 0 radical (unpaired) electrons. The van der Waals surface area contributed by atoms with Crippen LogP contribution in [-0.2, 0) is 11.3 Å². The van der Waals surface area contributed by atoms with Crippen molar-refractivity contribution >= 4 is 6.41 Å². The summed E-state index contributed by atoms with van der Waals surface area (Å²) in [7, 11) is 0. The lowest BCUT2D eigenvalue weighted by Crippen LogP contribution is -2.41. The molecular weight excluding hydrogens is 226 g/mol. The van der Waals surface area contributed by atoms with Gasteiger partial charge < -0.3 is 5.32 Å². The minimum atomic E-state index is 0.333. The molecule has 0 aromatic heterocycles. The van der Waals surface area contributed by atoms with Gasteiger partial charge in [-0.2, -0.15) is 5.26 Å². The number of hydrogen-bond donors (Lipinski definition) is 1. The van der Waals surface area contributed by atoms with E-state index in [0.717, 1.165) is 38.9 Å². The molecule has 2 rings (SSSR count). The topological polar surface area (TPSA) is 56.1 Å². The Hall–Kier alpha value is -1.86. The highest BCUT2D eigenvalue weighted by molar-refractivity contribution is 5.46. The Morgan fingerprint density at radius 3 is 2.56 bits per heavy atom. The number of carbonyl (C=O) groups excluding carboxylic acids is 1. The molecule has 1 amide bonds. The SMILES string of the molecule is N#Cc1ccc(CN2CCC(NC=O)CC2)cc1. The van der Waals surface area contributed by atoms with Crippen LogP contribution in [0.4, 0.5) is 0 Å². The van der Waals surface area contributed by atoms with Gasteiger partial charge in [0, 0.05) is 25.7 Å². The monoisotopic (exact) mass is 243 g/mol. The maximum absolute atomic E-state index is 10.4. The molecule has 4 nitrogen and oxygen atoms in total. The van der Waals surface area contributed by atoms with Crippen molar-refractivity contribution in [3.05, 3.63) is 35.4 Å². The molecule has 4 heteroatoms. The highest BCUT2D eigenvalue weighted by Crippen LogP contribution is 2.14. The van der Waals surface area contributed by atoms with Crippen molar-refractivity contribution in [3.8, 4) is 6.07 Å². The molecule has 1 aromatic carbocycles. The van der Waals surface area contributed by atoms with Crippen LogP contribution in [0.1, 0.15) is 24.0 Å². The number of rotatable bonds is 4. The highest BCUT2D eigenvalue weighted by Gasteiger charge is 2.18. The van der Waals surface area contributed by atoms with Crippen molar-refractivity contribution in [2.75, 3.05) is 13.1 Å². The molecule has 0 saturated carbocycles. The molecule has 18 heavy (non-hydrogen) atoms. The molecule has 1 fully saturated rings. The number of benzene rings is 1. The molecule has 1 aliphatic heterocycles. The van der Waals surface area contributed by atoms with Crippen molar-refractivity contribution < 1.29 is 4.79 Å². The van der Waals surface area contributed by atoms with Crippen molar-refractivity contribution in [1.82, 2.24) is 10.2 Å². The van der Waals surface area contributed by atoms with Crippen LogP contribution in [0.15, 0.2) is 24.3 Å². The van der Waals surface area contributed by atoms with Gasteiger partial charge in [0.05, 0.1) is 11.6 Å². The second kappa shape index (κ2) is 6.18. The average Bonchev–Trinajstić information content (AvgIpc) is 2.42. The van der Waals surface area contributed by atoms with Crippen LogP contribution < -0.4 is 5.32 Å². The fourth-order valence-electron chi connectivity index (χ4n) is 2.30. The second-order valence-corrected chi connectivity index (χ2v) is 4.64. The summed E-state index contributed by atoms with van der Waals surface area (Å²) in [6.45, 7) is 2.93. The summed E-state index contributed by atoms with van der Waals surface area (Å²) >= 11 is 0. The first-order chi connectivity index (χ1) is 8.81. The van der Waals surface area contributed by atoms with E-state index in [-0.39, 0.29) is 0 Å². The van der Waals surface area contributed by atoms with E-state index in [0.29, 0.717) is 11.6 Å². The molecule has 1 N–H and O–H groups in total. The Kier molecular flexibility index (Phi) is 4.32. The first-order valence-electron chi connectivity index (χ1n) is 6.23. The lowest BCUT2D eigenvalue weighted by molar-refractivity contribution is -0.110. The van der Waals surface area contributed by atoms with Crippen molar-refractivity contribution in [2.24, 2.45) is 0 Å². The van der Waals surface area contributed by atoms with Crippen LogP contribution in [0.2, 0.25) is 0 Å². The first-order valence-corrected chi connectivity index (χ1v) is 6.23. The molecule has 0 unspecified atom stereocenters. The maximum atomic E-state index is 10.4. The van der Waals surface area contributed by atoms with E-state index in [4.69, 9.17) is 5.26 Å². The summed E-state index contributed by atoms with van der Waals surface area (Å²) in [6.07, 6.45) is 2.81. The quantitative estimate of drug-likeness (QED) is 0.810. The Morgan fingerprint density at radius 2 is 2.00 bits per heavy atom. The van der Waals surface area contributed by atoms with Gasteiger partial charge >= 0.3 is 0 Å². The van der Waals surface area contributed by atoms with E-state index >= 15 is 0 Å². The van der Waals surface area contributed by atoms with Gasteiger partial charge in [-0.15, -0.1) is 0 Å². The van der Waals surface area contributed by atoms with Crippen LogP contribution in [0.25, 0.3) is 0 Å². The van der Waals surface area contributed by atoms with Gasteiger partial charge in [-0.25, -0.2) is 0 Å². The number of nitrogens with one attached hydrogen (secondary N) is 1. The molecule has 1 heterocycles. The van der Waals surface area contributed by atoms with Crippen LogP contribution in [0.5, 0.6) is 0 Å². The highest BCUT2D eigenvalue weighted by atomic mass is 16.1. The molecule has 0 bridgehead atoms. The minimum Gasteiger partial charge on any atom is -0.356 e. The number of carbonyl (C=O) groups is 1. The molecule has 1 aromatic rings. The lowest BCUT2D eigenvalue weighted by atomic mass is 10.0. The number of hydrogen-bond acceptors (Lipinski definition) is 3. The minimum absolute atomic E-state index is 0.333. The molecule has 1 aliphatic rings. The zero-order chi connectivity index (χ0) is 12.8. The molecule has 94 valence electrons. The fraction of sp³-hybridized carbons (Fsp3) is 0.429. The predicted molar refractivity (Wildman–Crippen MR) is 68.7 cm³/mol. The Labute approximate surface area is 107 Å². The Balaban J connectivity index is 1.84. The normalized spacial score (nSPS) is 17.1. The zero-order valence-electron chi connectivity index (χ0n) is 10.3. The van der Waals surface area contributed by atoms with E-state index in [9.17, 15) is 4.79 Å². The second-order valence-electron chi connectivity index (χ2n) is 4.64. The number of piperidine rings is 1. The maximum Gasteiger partial charge on any atom is 0.207 e. The van der Waals surface area contributed by atoms with Gasteiger partial charge in [0.1, 0.15) is 0 Å². The first kappa shape index (κ1) is 12.6. The van der Waals surface area contributed by atoms with Gasteiger partial charge in [0.25, 0.3) is 0 Å². The number of amides is 1. The van der Waals surface area contributed by atoms with Gasteiger partial charge in [-0.05, 0) is 30.5 Å².